The maximum atomic E-state index is 9.82. The summed E-state index contributed by atoms with van der Waals surface area (Å²) >= 11 is 0. The lowest BCUT2D eigenvalue weighted by molar-refractivity contribution is 0.283. The molecule has 2 aromatic rings. The van der Waals surface area contributed by atoms with E-state index in [2.05, 4.69) is 36.8 Å². The highest BCUT2D eigenvalue weighted by atomic mass is 16.5. The summed E-state index contributed by atoms with van der Waals surface area (Å²) in [7, 11) is 1.77. The molecule has 0 saturated carbocycles. The molecule has 1 aromatic carbocycles. The van der Waals surface area contributed by atoms with E-state index in [9.17, 15) is 5.26 Å². The van der Waals surface area contributed by atoms with Crippen molar-refractivity contribution in [3.63, 3.8) is 0 Å². The largest absolute Gasteiger partial charge is 0.445 e. The molecule has 1 atom stereocenters. The van der Waals surface area contributed by atoms with Gasteiger partial charge in [0, 0.05) is 41.8 Å². The minimum atomic E-state index is -0.325. The van der Waals surface area contributed by atoms with Gasteiger partial charge in [-0.2, -0.15) is 5.26 Å². The van der Waals surface area contributed by atoms with E-state index >= 15 is 0 Å². The first-order chi connectivity index (χ1) is 13.3. The molecule has 0 spiro atoms. The van der Waals surface area contributed by atoms with Gasteiger partial charge in [0.15, 0.2) is 0 Å². The molecule has 0 bridgehead atoms. The fourth-order valence-corrected chi connectivity index (χ4v) is 3.63. The van der Waals surface area contributed by atoms with Crippen LogP contribution >= 0.6 is 0 Å². The third kappa shape index (κ3) is 3.44. The molecule has 1 unspecified atom stereocenters. The molecule has 28 heavy (non-hydrogen) atoms. The number of aliphatic imine (C=N–C) groups is 1. The molecule has 0 amide bonds. The maximum absolute atomic E-state index is 9.82. The Kier molecular flexibility index (Phi) is 5.10. The van der Waals surface area contributed by atoms with Gasteiger partial charge in [-0.15, -0.1) is 0 Å². The standard InChI is InChI=1S/C22H25N5O/c1-14-18(20(25-5)22(2,3)4)19(17(12-23)21(24)28-14)15-6-8-16(9-7-15)27-11-10-26-13-27/h6-11,13,19H,24H2,1-5H3. The van der Waals surface area contributed by atoms with Crippen LogP contribution in [0.1, 0.15) is 39.2 Å². The number of imidazole rings is 1. The molecule has 6 heteroatoms. The summed E-state index contributed by atoms with van der Waals surface area (Å²) in [6.07, 6.45) is 5.37. The summed E-state index contributed by atoms with van der Waals surface area (Å²) in [4.78, 5) is 8.64. The number of allylic oxidation sites excluding steroid dienone is 3. The smallest absolute Gasteiger partial charge is 0.205 e. The van der Waals surface area contributed by atoms with Gasteiger partial charge >= 0.3 is 0 Å². The molecule has 0 aliphatic carbocycles. The van der Waals surface area contributed by atoms with E-state index in [4.69, 9.17) is 10.5 Å². The first kappa shape index (κ1) is 19.4. The van der Waals surface area contributed by atoms with Crippen molar-refractivity contribution < 1.29 is 4.74 Å². The number of nitrogens with zero attached hydrogens (tertiary/aromatic N) is 4. The average molecular weight is 375 g/mol. The van der Waals surface area contributed by atoms with E-state index < -0.39 is 0 Å². The lowest BCUT2D eigenvalue weighted by Gasteiger charge is -2.33. The Balaban J connectivity index is 2.15. The Morgan fingerprint density at radius 1 is 1.29 bits per heavy atom. The van der Waals surface area contributed by atoms with Crippen molar-refractivity contribution in [2.75, 3.05) is 7.05 Å². The summed E-state index contributed by atoms with van der Waals surface area (Å²) in [6, 6.07) is 10.3. The van der Waals surface area contributed by atoms with Crippen molar-refractivity contribution in [1.29, 1.82) is 5.26 Å². The van der Waals surface area contributed by atoms with E-state index in [0.29, 0.717) is 11.3 Å². The van der Waals surface area contributed by atoms with Crippen LogP contribution in [-0.4, -0.2) is 22.3 Å². The highest BCUT2D eigenvalue weighted by Crippen LogP contribution is 2.42. The van der Waals surface area contributed by atoms with E-state index in [1.165, 1.54) is 0 Å². The fourth-order valence-electron chi connectivity index (χ4n) is 3.63. The molecule has 1 aromatic heterocycles. The molecule has 0 radical (unpaired) electrons. The Morgan fingerprint density at radius 2 is 1.96 bits per heavy atom. The van der Waals surface area contributed by atoms with Crippen molar-refractivity contribution in [2.24, 2.45) is 16.1 Å². The number of nitriles is 1. The number of nitrogens with two attached hydrogens (primary N) is 1. The first-order valence-electron chi connectivity index (χ1n) is 9.12. The second-order valence-corrected chi connectivity index (χ2v) is 7.78. The number of aromatic nitrogens is 2. The van der Waals surface area contributed by atoms with Gasteiger partial charge < -0.3 is 15.0 Å². The number of benzene rings is 1. The SMILES string of the molecule is CN=C(C1=C(C)OC(N)=C(C#N)C1c1ccc(-n2ccnc2)cc1)C(C)(C)C. The molecular formula is C22H25N5O. The second kappa shape index (κ2) is 7.35. The summed E-state index contributed by atoms with van der Waals surface area (Å²) < 4.78 is 7.67. The second-order valence-electron chi connectivity index (χ2n) is 7.78. The van der Waals surface area contributed by atoms with Gasteiger partial charge in [-0.3, -0.25) is 4.99 Å². The molecule has 0 fully saturated rings. The van der Waals surface area contributed by atoms with Crippen LogP contribution in [0.3, 0.4) is 0 Å². The maximum Gasteiger partial charge on any atom is 0.205 e. The Bertz CT molecular complexity index is 997. The van der Waals surface area contributed by atoms with Crippen LogP contribution in [0.25, 0.3) is 5.69 Å². The van der Waals surface area contributed by atoms with Crippen LogP contribution in [0.2, 0.25) is 0 Å². The lowest BCUT2D eigenvalue weighted by Crippen LogP contribution is -2.31. The summed E-state index contributed by atoms with van der Waals surface area (Å²) in [5, 5.41) is 9.82. The van der Waals surface area contributed by atoms with Crippen LogP contribution in [0.15, 0.2) is 70.8 Å². The minimum absolute atomic E-state index is 0.150. The van der Waals surface area contributed by atoms with E-state index in [-0.39, 0.29) is 17.2 Å². The van der Waals surface area contributed by atoms with Gasteiger partial charge in [0.1, 0.15) is 17.4 Å². The average Bonchev–Trinajstić information content (AvgIpc) is 3.17. The van der Waals surface area contributed by atoms with Gasteiger partial charge in [-0.05, 0) is 24.6 Å². The Morgan fingerprint density at radius 3 is 2.46 bits per heavy atom. The molecule has 6 nitrogen and oxygen atoms in total. The number of hydrogen-bond donors (Lipinski definition) is 1. The van der Waals surface area contributed by atoms with Crippen LogP contribution in [0.4, 0.5) is 0 Å². The highest BCUT2D eigenvalue weighted by Gasteiger charge is 2.37. The van der Waals surface area contributed by atoms with Crippen LogP contribution in [0.5, 0.6) is 0 Å². The van der Waals surface area contributed by atoms with E-state index in [1.807, 2.05) is 42.0 Å². The molecular weight excluding hydrogens is 350 g/mol. The highest BCUT2D eigenvalue weighted by molar-refractivity contribution is 6.06. The third-order valence-corrected chi connectivity index (χ3v) is 4.82. The molecule has 2 heterocycles. The molecule has 3 rings (SSSR count). The van der Waals surface area contributed by atoms with Crippen molar-refractivity contribution in [1.82, 2.24) is 9.55 Å². The molecule has 1 aliphatic heterocycles. The zero-order valence-corrected chi connectivity index (χ0v) is 16.9. The number of hydrogen-bond acceptors (Lipinski definition) is 5. The first-order valence-corrected chi connectivity index (χ1v) is 9.12. The fraction of sp³-hybridized carbons (Fsp3) is 0.318. The summed E-state index contributed by atoms with van der Waals surface area (Å²) in [6.45, 7) is 8.17. The molecule has 0 saturated heterocycles. The zero-order valence-electron chi connectivity index (χ0n) is 16.9. The predicted octanol–water partition coefficient (Wildman–Crippen LogP) is 4.07. The van der Waals surface area contributed by atoms with Crippen molar-refractivity contribution >= 4 is 5.71 Å². The number of rotatable bonds is 3. The normalized spacial score (nSPS) is 18.1. The lowest BCUT2D eigenvalue weighted by atomic mass is 9.74. The van der Waals surface area contributed by atoms with Gasteiger partial charge in [-0.25, -0.2) is 4.98 Å². The molecule has 144 valence electrons. The molecule has 1 aliphatic rings. The van der Waals surface area contributed by atoms with Crippen LogP contribution in [-0.2, 0) is 4.74 Å². The van der Waals surface area contributed by atoms with Crippen molar-refractivity contribution in [2.45, 2.75) is 33.6 Å². The minimum Gasteiger partial charge on any atom is -0.445 e. The van der Waals surface area contributed by atoms with E-state index in [0.717, 1.165) is 22.5 Å². The van der Waals surface area contributed by atoms with Gasteiger partial charge in [0.2, 0.25) is 5.88 Å². The Hall–Kier alpha value is -3.33. The van der Waals surface area contributed by atoms with Gasteiger partial charge in [-0.1, -0.05) is 32.9 Å². The van der Waals surface area contributed by atoms with Gasteiger partial charge in [0.05, 0.1) is 12.2 Å². The van der Waals surface area contributed by atoms with Crippen molar-refractivity contribution in [3.8, 4) is 11.8 Å². The predicted molar refractivity (Wildman–Crippen MR) is 110 cm³/mol. The summed E-state index contributed by atoms with van der Waals surface area (Å²) in [5.41, 5.74) is 10.0. The van der Waals surface area contributed by atoms with E-state index in [1.54, 1.807) is 19.6 Å². The zero-order chi connectivity index (χ0) is 20.5. The topological polar surface area (TPSA) is 89.2 Å². The van der Waals surface area contributed by atoms with Crippen molar-refractivity contribution in [3.05, 3.63) is 71.3 Å². The quantitative estimate of drug-likeness (QED) is 0.819. The van der Waals surface area contributed by atoms with Gasteiger partial charge in [0.25, 0.3) is 0 Å². The van der Waals surface area contributed by atoms with Crippen LogP contribution < -0.4 is 5.73 Å². The van der Waals surface area contributed by atoms with Crippen LogP contribution in [0, 0.1) is 16.7 Å². The monoisotopic (exact) mass is 375 g/mol. The summed E-state index contributed by atoms with van der Waals surface area (Å²) in [5.74, 6) is 0.501. The molecule has 2 N–H and O–H groups in total. The Labute approximate surface area is 165 Å². The number of ether oxygens (including phenoxy) is 1. The third-order valence-electron chi connectivity index (χ3n) is 4.82.